The third kappa shape index (κ3) is 3.07. The monoisotopic (exact) mass is 424 g/mol. The predicted molar refractivity (Wildman–Crippen MR) is 107 cm³/mol. The van der Waals surface area contributed by atoms with Crippen LogP contribution in [-0.4, -0.2) is 41.0 Å². The Morgan fingerprint density at radius 1 is 1.07 bits per heavy atom. The second kappa shape index (κ2) is 7.56. The number of H-pyrrole nitrogens is 1. The molecular formula is C20H16N4O5S. The van der Waals surface area contributed by atoms with Crippen molar-refractivity contribution in [1.29, 1.82) is 0 Å². The van der Waals surface area contributed by atoms with Gasteiger partial charge in [0.1, 0.15) is 10.5 Å². The van der Waals surface area contributed by atoms with Crippen molar-refractivity contribution in [3.63, 3.8) is 0 Å². The Hall–Kier alpha value is -3.79. The van der Waals surface area contributed by atoms with E-state index in [2.05, 4.69) is 15.5 Å². The summed E-state index contributed by atoms with van der Waals surface area (Å²) >= 11 is 0. The van der Waals surface area contributed by atoms with Gasteiger partial charge in [-0.25, -0.2) is 13.2 Å². The van der Waals surface area contributed by atoms with E-state index in [0.29, 0.717) is 5.56 Å². The number of sulfone groups is 1. The fourth-order valence-electron chi connectivity index (χ4n) is 3.18. The highest BCUT2D eigenvalue weighted by molar-refractivity contribution is 7.91. The van der Waals surface area contributed by atoms with Gasteiger partial charge in [-0.15, -0.1) is 5.10 Å². The molecule has 2 aromatic heterocycles. The first-order chi connectivity index (χ1) is 14.5. The summed E-state index contributed by atoms with van der Waals surface area (Å²) in [5, 5.41) is 9.75. The Morgan fingerprint density at radius 3 is 2.33 bits per heavy atom. The van der Waals surface area contributed by atoms with Gasteiger partial charge in [0.15, 0.2) is 0 Å². The molecule has 4 rings (SSSR count). The van der Waals surface area contributed by atoms with Crippen molar-refractivity contribution < 1.29 is 17.9 Å². The fraction of sp³-hybridized carbons (Fsp3) is 0.100. The molecule has 0 saturated heterocycles. The van der Waals surface area contributed by atoms with Crippen LogP contribution in [0.4, 0.5) is 0 Å². The molecule has 0 atom stereocenters. The average Bonchev–Trinajstić information content (AvgIpc) is 3.24. The molecule has 0 aliphatic heterocycles. The molecule has 152 valence electrons. The van der Waals surface area contributed by atoms with Gasteiger partial charge < -0.3 is 4.74 Å². The van der Waals surface area contributed by atoms with Gasteiger partial charge in [0, 0.05) is 5.56 Å². The van der Waals surface area contributed by atoms with Gasteiger partial charge >= 0.3 is 5.97 Å². The number of nitrogens with one attached hydrogen (secondary N) is 1. The lowest BCUT2D eigenvalue weighted by atomic mass is 10.0. The number of aromatic amines is 1. The Labute approximate surface area is 170 Å². The van der Waals surface area contributed by atoms with Crippen LogP contribution in [0.15, 0.2) is 75.2 Å². The largest absolute Gasteiger partial charge is 0.462 e. The first-order valence-electron chi connectivity index (χ1n) is 8.99. The summed E-state index contributed by atoms with van der Waals surface area (Å²) in [4.78, 5) is 25.5. The number of fused-ring (bicyclic) bond motifs is 1. The first-order valence-corrected chi connectivity index (χ1v) is 10.5. The Kier molecular flexibility index (Phi) is 4.92. The first kappa shape index (κ1) is 19.5. The Balaban J connectivity index is 2.22. The molecule has 0 radical (unpaired) electrons. The number of pyridine rings is 1. The molecule has 0 spiro atoms. The van der Waals surface area contributed by atoms with E-state index in [1.165, 1.54) is 12.1 Å². The molecule has 9 nitrogen and oxygen atoms in total. The predicted octanol–water partition coefficient (Wildman–Crippen LogP) is 2.09. The van der Waals surface area contributed by atoms with Crippen molar-refractivity contribution in [1.82, 2.24) is 20.0 Å². The number of tetrazole rings is 1. The molecule has 0 bridgehead atoms. The van der Waals surface area contributed by atoms with Crippen molar-refractivity contribution >= 4 is 21.5 Å². The van der Waals surface area contributed by atoms with Crippen LogP contribution in [-0.2, 0) is 14.6 Å². The third-order valence-electron chi connectivity index (χ3n) is 4.46. The van der Waals surface area contributed by atoms with E-state index in [0.717, 1.165) is 4.52 Å². The molecule has 0 fully saturated rings. The second-order valence-electron chi connectivity index (χ2n) is 6.25. The lowest BCUT2D eigenvalue weighted by molar-refractivity contribution is 0.0524. The SMILES string of the molecule is CCOC(=O)c1c(-c2ccccc2)c(S(=O)(=O)c2ccccc2)c2nn[nH]n2c1=O. The molecule has 4 aromatic rings. The van der Waals surface area contributed by atoms with Gasteiger partial charge in [0.25, 0.3) is 5.56 Å². The van der Waals surface area contributed by atoms with Crippen molar-refractivity contribution in [2.45, 2.75) is 16.7 Å². The number of hydrogen-bond acceptors (Lipinski definition) is 7. The highest BCUT2D eigenvalue weighted by Crippen LogP contribution is 2.35. The molecule has 30 heavy (non-hydrogen) atoms. The molecular weight excluding hydrogens is 408 g/mol. The second-order valence-corrected chi connectivity index (χ2v) is 8.13. The maximum atomic E-state index is 13.6. The topological polar surface area (TPSA) is 123 Å². The van der Waals surface area contributed by atoms with Gasteiger partial charge in [0.05, 0.1) is 11.5 Å². The Morgan fingerprint density at radius 2 is 1.70 bits per heavy atom. The molecule has 0 unspecified atom stereocenters. The lowest BCUT2D eigenvalue weighted by Gasteiger charge is -2.15. The zero-order valence-electron chi connectivity index (χ0n) is 15.8. The minimum Gasteiger partial charge on any atom is -0.462 e. The van der Waals surface area contributed by atoms with E-state index >= 15 is 0 Å². The van der Waals surface area contributed by atoms with E-state index in [9.17, 15) is 18.0 Å². The van der Waals surface area contributed by atoms with Crippen LogP contribution >= 0.6 is 0 Å². The zero-order valence-corrected chi connectivity index (χ0v) is 16.6. The van der Waals surface area contributed by atoms with Gasteiger partial charge in [-0.05, 0) is 24.6 Å². The van der Waals surface area contributed by atoms with Crippen molar-refractivity contribution in [2.24, 2.45) is 0 Å². The van der Waals surface area contributed by atoms with Gasteiger partial charge in [0.2, 0.25) is 15.5 Å². The van der Waals surface area contributed by atoms with Gasteiger partial charge in [-0.1, -0.05) is 53.7 Å². The summed E-state index contributed by atoms with van der Waals surface area (Å²) in [6.45, 7) is 1.60. The van der Waals surface area contributed by atoms with Crippen molar-refractivity contribution in [3.05, 3.63) is 76.6 Å². The summed E-state index contributed by atoms with van der Waals surface area (Å²) in [5.74, 6) is -0.935. The summed E-state index contributed by atoms with van der Waals surface area (Å²) in [6, 6.07) is 16.0. The molecule has 0 amide bonds. The van der Waals surface area contributed by atoms with E-state index in [1.54, 1.807) is 55.5 Å². The third-order valence-corrected chi connectivity index (χ3v) is 6.28. The number of esters is 1. The minimum atomic E-state index is -4.19. The number of carbonyl (C=O) groups is 1. The average molecular weight is 424 g/mol. The summed E-state index contributed by atoms with van der Waals surface area (Å²) in [5.41, 5.74) is -1.15. The highest BCUT2D eigenvalue weighted by Gasteiger charge is 2.34. The summed E-state index contributed by atoms with van der Waals surface area (Å²) in [7, 11) is -4.19. The number of hydrogen-bond donors (Lipinski definition) is 1. The molecule has 0 saturated carbocycles. The highest BCUT2D eigenvalue weighted by atomic mass is 32.2. The van der Waals surface area contributed by atoms with E-state index in [4.69, 9.17) is 4.74 Å². The number of nitrogens with zero attached hydrogens (tertiary/aromatic N) is 3. The maximum absolute atomic E-state index is 13.6. The van der Waals surface area contributed by atoms with Gasteiger partial charge in [-0.3, -0.25) is 4.79 Å². The maximum Gasteiger partial charge on any atom is 0.344 e. The van der Waals surface area contributed by atoms with Crippen LogP contribution in [0, 0.1) is 0 Å². The van der Waals surface area contributed by atoms with E-state index in [-0.39, 0.29) is 27.6 Å². The number of ether oxygens (including phenoxy) is 1. The minimum absolute atomic E-state index is 0.0111. The standard InChI is InChI=1S/C20H16N4O5S/c1-2-29-20(26)16-15(13-9-5-3-6-10-13)17(18-21-22-23-24(18)19(16)25)30(27,28)14-11-7-4-8-12-14/h3-12H,2H2,1H3,(H,21,23). The van der Waals surface area contributed by atoms with Crippen molar-refractivity contribution in [3.8, 4) is 11.1 Å². The quantitative estimate of drug-likeness (QED) is 0.487. The Bertz CT molecular complexity index is 1390. The van der Waals surface area contributed by atoms with E-state index < -0.39 is 26.9 Å². The fourth-order valence-corrected chi connectivity index (χ4v) is 4.80. The zero-order chi connectivity index (χ0) is 21.3. The van der Waals surface area contributed by atoms with Gasteiger partial charge in [-0.2, -0.15) is 9.73 Å². The van der Waals surface area contributed by atoms with Crippen LogP contribution in [0.25, 0.3) is 16.8 Å². The van der Waals surface area contributed by atoms with E-state index in [1.807, 2.05) is 0 Å². The number of benzene rings is 2. The number of rotatable bonds is 5. The molecule has 0 aliphatic rings. The van der Waals surface area contributed by atoms with Crippen LogP contribution in [0.5, 0.6) is 0 Å². The van der Waals surface area contributed by atoms with Crippen molar-refractivity contribution in [2.75, 3.05) is 6.61 Å². The molecule has 2 aromatic carbocycles. The van der Waals surface area contributed by atoms with Crippen LogP contribution in [0.2, 0.25) is 0 Å². The number of carbonyl (C=O) groups excluding carboxylic acids is 1. The molecule has 0 aliphatic carbocycles. The van der Waals surface area contributed by atoms with Crippen LogP contribution in [0.1, 0.15) is 17.3 Å². The summed E-state index contributed by atoms with van der Waals surface area (Å²) in [6.07, 6.45) is 0. The number of aromatic nitrogens is 4. The van der Waals surface area contributed by atoms with Crippen LogP contribution in [0.3, 0.4) is 0 Å². The molecule has 10 heteroatoms. The molecule has 1 N–H and O–H groups in total. The lowest BCUT2D eigenvalue weighted by Crippen LogP contribution is -2.27. The molecule has 2 heterocycles. The summed E-state index contributed by atoms with van der Waals surface area (Å²) < 4.78 is 33.2. The smallest absolute Gasteiger partial charge is 0.344 e. The normalized spacial score (nSPS) is 11.5. The van der Waals surface area contributed by atoms with Crippen LogP contribution < -0.4 is 5.56 Å².